The predicted octanol–water partition coefficient (Wildman–Crippen LogP) is 10.8. The van der Waals surface area contributed by atoms with Crippen LogP contribution in [0, 0.1) is 0 Å². The van der Waals surface area contributed by atoms with Crippen LogP contribution in [0.3, 0.4) is 0 Å². The van der Waals surface area contributed by atoms with Gasteiger partial charge >= 0.3 is 0 Å². The van der Waals surface area contributed by atoms with E-state index in [4.69, 9.17) is 0 Å². The Labute approximate surface area is 285 Å². The number of allylic oxidation sites excluding steroid dienone is 5. The van der Waals surface area contributed by atoms with Gasteiger partial charge in [0.1, 0.15) is 6.10 Å². The smallest absolute Gasteiger partial charge is 0.249 e. The van der Waals surface area contributed by atoms with Gasteiger partial charge in [0.25, 0.3) is 0 Å². The number of hydrogen-bond acceptors (Lipinski definition) is 4. The molecule has 0 aromatic heterocycles. The van der Waals surface area contributed by atoms with Crippen molar-refractivity contribution in [2.24, 2.45) is 0 Å². The van der Waals surface area contributed by atoms with Gasteiger partial charge in [-0.3, -0.25) is 4.79 Å². The number of carbonyl (C=O) groups excluding carboxylic acids is 1. The van der Waals surface area contributed by atoms with E-state index in [-0.39, 0.29) is 6.61 Å². The average Bonchev–Trinajstić information content (AvgIpc) is 3.06. The van der Waals surface area contributed by atoms with E-state index in [9.17, 15) is 20.1 Å². The molecule has 46 heavy (non-hydrogen) atoms. The van der Waals surface area contributed by atoms with Crippen molar-refractivity contribution in [3.63, 3.8) is 0 Å². The van der Waals surface area contributed by atoms with Gasteiger partial charge < -0.3 is 20.6 Å². The van der Waals surface area contributed by atoms with Gasteiger partial charge in [-0.15, -0.1) is 0 Å². The molecule has 0 aliphatic heterocycles. The standard InChI is InChI=1S/C41H77NO4/c1-3-5-7-9-11-13-14-15-16-17-18-19-20-21-22-23-24-25-26-27-28-30-31-33-35-39(44)38(37-43)42-41(46)40(45)36-34-32-29-12-10-8-6-4-2/h23-24,27-28,33,35,38-40,43-45H,3-22,25-26,29-32,34,36-37H2,1-2H3,(H,42,46)/b24-23+,28-27+,35-33+. The van der Waals surface area contributed by atoms with Crippen molar-refractivity contribution in [2.45, 2.75) is 212 Å². The minimum absolute atomic E-state index is 0.380. The molecular weight excluding hydrogens is 570 g/mol. The van der Waals surface area contributed by atoms with Gasteiger partial charge in [-0.05, 0) is 44.9 Å². The molecule has 0 saturated heterocycles. The molecule has 270 valence electrons. The van der Waals surface area contributed by atoms with Crippen LogP contribution < -0.4 is 5.32 Å². The van der Waals surface area contributed by atoms with Crippen LogP contribution in [0.15, 0.2) is 36.5 Å². The molecule has 5 nitrogen and oxygen atoms in total. The van der Waals surface area contributed by atoms with Gasteiger partial charge in [0.15, 0.2) is 0 Å². The van der Waals surface area contributed by atoms with Gasteiger partial charge in [-0.1, -0.05) is 185 Å². The number of hydrogen-bond donors (Lipinski definition) is 4. The molecule has 0 saturated carbocycles. The highest BCUT2D eigenvalue weighted by Crippen LogP contribution is 2.14. The summed E-state index contributed by atoms with van der Waals surface area (Å²) >= 11 is 0. The molecule has 3 atom stereocenters. The lowest BCUT2D eigenvalue weighted by molar-refractivity contribution is -0.131. The second kappa shape index (κ2) is 36.4. The van der Waals surface area contributed by atoms with E-state index in [1.807, 2.05) is 6.08 Å². The van der Waals surface area contributed by atoms with E-state index >= 15 is 0 Å². The molecule has 0 bridgehead atoms. The van der Waals surface area contributed by atoms with E-state index in [2.05, 4.69) is 43.5 Å². The van der Waals surface area contributed by atoms with Crippen LogP contribution in [0.2, 0.25) is 0 Å². The minimum Gasteiger partial charge on any atom is -0.394 e. The summed E-state index contributed by atoms with van der Waals surface area (Å²) in [5.74, 6) is -0.522. The lowest BCUT2D eigenvalue weighted by Crippen LogP contribution is -2.48. The Morgan fingerprint density at radius 2 is 0.891 bits per heavy atom. The molecule has 5 heteroatoms. The number of unbranched alkanes of at least 4 members (excludes halogenated alkanes) is 23. The summed E-state index contributed by atoms with van der Waals surface area (Å²) in [4.78, 5) is 12.3. The molecule has 1 amide bonds. The number of carbonyl (C=O) groups is 1. The molecular formula is C41H77NO4. The van der Waals surface area contributed by atoms with Crippen molar-refractivity contribution in [1.29, 1.82) is 0 Å². The zero-order valence-corrected chi connectivity index (χ0v) is 30.5. The summed E-state index contributed by atoms with van der Waals surface area (Å²) in [5, 5.41) is 32.8. The Bertz CT molecular complexity index is 719. The van der Waals surface area contributed by atoms with Crippen LogP contribution >= 0.6 is 0 Å². The van der Waals surface area contributed by atoms with E-state index in [0.29, 0.717) is 6.42 Å². The fourth-order valence-electron chi connectivity index (χ4n) is 5.80. The number of rotatable bonds is 35. The van der Waals surface area contributed by atoms with Gasteiger partial charge in [-0.25, -0.2) is 0 Å². The van der Waals surface area contributed by atoms with Crippen molar-refractivity contribution in [3.8, 4) is 0 Å². The second-order valence-electron chi connectivity index (χ2n) is 13.5. The first-order valence-corrected chi connectivity index (χ1v) is 19.8. The quantitative estimate of drug-likeness (QED) is 0.0407. The molecule has 0 heterocycles. The summed E-state index contributed by atoms with van der Waals surface area (Å²) in [6.45, 7) is 4.12. The highest BCUT2D eigenvalue weighted by atomic mass is 16.3. The van der Waals surface area contributed by atoms with Gasteiger partial charge in [0.05, 0.1) is 18.8 Å². The molecule has 0 spiro atoms. The topological polar surface area (TPSA) is 89.8 Å². The maximum atomic E-state index is 12.3. The molecule has 4 N–H and O–H groups in total. The van der Waals surface area contributed by atoms with Crippen LogP contribution in [0.5, 0.6) is 0 Å². The first-order chi connectivity index (χ1) is 22.6. The number of amides is 1. The van der Waals surface area contributed by atoms with E-state index < -0.39 is 24.2 Å². The third kappa shape index (κ3) is 31.2. The lowest BCUT2D eigenvalue weighted by Gasteiger charge is -2.21. The van der Waals surface area contributed by atoms with Crippen LogP contribution in [-0.4, -0.2) is 46.1 Å². The third-order valence-corrected chi connectivity index (χ3v) is 8.96. The zero-order chi connectivity index (χ0) is 33.8. The Morgan fingerprint density at radius 1 is 0.522 bits per heavy atom. The molecule has 0 aliphatic rings. The highest BCUT2D eigenvalue weighted by Gasteiger charge is 2.22. The minimum atomic E-state index is -1.10. The Balaban J connectivity index is 3.72. The zero-order valence-electron chi connectivity index (χ0n) is 30.5. The summed E-state index contributed by atoms with van der Waals surface area (Å²) in [6.07, 6.45) is 44.8. The van der Waals surface area contributed by atoms with Gasteiger partial charge in [0.2, 0.25) is 5.91 Å². The summed E-state index contributed by atoms with van der Waals surface area (Å²) < 4.78 is 0. The van der Waals surface area contributed by atoms with Crippen LogP contribution in [0.1, 0.15) is 194 Å². The summed E-state index contributed by atoms with van der Waals surface area (Å²) in [7, 11) is 0. The lowest BCUT2D eigenvalue weighted by atomic mass is 10.0. The summed E-state index contributed by atoms with van der Waals surface area (Å²) in [5.41, 5.74) is 0. The number of aliphatic hydroxyl groups is 3. The molecule has 0 fully saturated rings. The Morgan fingerprint density at radius 3 is 1.33 bits per heavy atom. The number of nitrogens with one attached hydrogen (secondary N) is 1. The molecule has 0 rings (SSSR count). The first kappa shape index (κ1) is 44.6. The SMILES string of the molecule is CCCCCCCCCCCCCCCC/C=C/CC/C=C/CC/C=C/C(O)C(CO)NC(=O)C(O)CCCCCCCCCC. The van der Waals surface area contributed by atoms with E-state index in [0.717, 1.165) is 44.9 Å². The molecule has 0 aromatic carbocycles. The molecule has 0 aromatic rings. The Kier molecular flexibility index (Phi) is 35.3. The second-order valence-corrected chi connectivity index (χ2v) is 13.5. The summed E-state index contributed by atoms with van der Waals surface area (Å²) in [6, 6.07) is -0.816. The van der Waals surface area contributed by atoms with Crippen molar-refractivity contribution < 1.29 is 20.1 Å². The normalized spacial score (nSPS) is 14.1. The number of aliphatic hydroxyl groups excluding tert-OH is 3. The van der Waals surface area contributed by atoms with Gasteiger partial charge in [0, 0.05) is 0 Å². The maximum absolute atomic E-state index is 12.3. The average molecular weight is 648 g/mol. The molecule has 0 radical (unpaired) electrons. The molecule has 0 aliphatic carbocycles. The van der Waals surface area contributed by atoms with Crippen LogP contribution in [0.4, 0.5) is 0 Å². The van der Waals surface area contributed by atoms with Crippen molar-refractivity contribution in [3.05, 3.63) is 36.5 Å². The van der Waals surface area contributed by atoms with Crippen molar-refractivity contribution in [2.75, 3.05) is 6.61 Å². The van der Waals surface area contributed by atoms with E-state index in [1.165, 1.54) is 128 Å². The van der Waals surface area contributed by atoms with E-state index in [1.54, 1.807) is 6.08 Å². The highest BCUT2D eigenvalue weighted by molar-refractivity contribution is 5.80. The maximum Gasteiger partial charge on any atom is 0.249 e. The van der Waals surface area contributed by atoms with Crippen LogP contribution in [-0.2, 0) is 4.79 Å². The fourth-order valence-corrected chi connectivity index (χ4v) is 5.80. The molecule has 3 unspecified atom stereocenters. The first-order valence-electron chi connectivity index (χ1n) is 19.8. The van der Waals surface area contributed by atoms with Crippen LogP contribution in [0.25, 0.3) is 0 Å². The fraction of sp³-hybridized carbons (Fsp3) is 0.829. The van der Waals surface area contributed by atoms with Gasteiger partial charge in [-0.2, -0.15) is 0 Å². The van der Waals surface area contributed by atoms with Crippen molar-refractivity contribution >= 4 is 5.91 Å². The Hall–Kier alpha value is -1.43. The largest absolute Gasteiger partial charge is 0.394 e. The monoisotopic (exact) mass is 648 g/mol. The van der Waals surface area contributed by atoms with Crippen molar-refractivity contribution in [1.82, 2.24) is 5.32 Å². The predicted molar refractivity (Wildman–Crippen MR) is 199 cm³/mol. The third-order valence-electron chi connectivity index (χ3n) is 8.96.